The van der Waals surface area contributed by atoms with Crippen molar-refractivity contribution >= 4 is 78.3 Å². The van der Waals surface area contributed by atoms with E-state index in [1.807, 2.05) is 0 Å². The molecule has 0 saturated carbocycles. The number of nitrogens with zero attached hydrogens (tertiary/aromatic N) is 5. The number of anilines is 3. The summed E-state index contributed by atoms with van der Waals surface area (Å²) in [5.74, 6) is 0.695. The van der Waals surface area contributed by atoms with Gasteiger partial charge in [-0.05, 0) is 62.6 Å². The molecule has 2 aromatic heterocycles. The molecule has 146 valence electrons. The van der Waals surface area contributed by atoms with Crippen LogP contribution >= 0.6 is 43.5 Å². The zero-order valence-electron chi connectivity index (χ0n) is 14.3. The van der Waals surface area contributed by atoms with E-state index in [2.05, 4.69) is 72.6 Å². The van der Waals surface area contributed by atoms with Crippen molar-refractivity contribution in [3.8, 4) is 5.75 Å². The lowest BCUT2D eigenvalue weighted by Gasteiger charge is -2.09. The highest BCUT2D eigenvalue weighted by atomic mass is 79.9. The first-order valence-electron chi connectivity index (χ1n) is 7.99. The largest absolute Gasteiger partial charge is 0.506 e. The van der Waals surface area contributed by atoms with E-state index in [1.165, 1.54) is 6.21 Å². The Morgan fingerprint density at radius 2 is 1.72 bits per heavy atom. The second-order valence-corrected chi connectivity index (χ2v) is 7.87. The van der Waals surface area contributed by atoms with Crippen LogP contribution in [-0.4, -0.2) is 31.6 Å². The van der Waals surface area contributed by atoms with Crippen molar-refractivity contribution < 1.29 is 9.74 Å². The lowest BCUT2D eigenvalue weighted by Crippen LogP contribution is -2.03. The fraction of sp³-hybridized carbons (Fsp3) is 0. The van der Waals surface area contributed by atoms with E-state index in [1.54, 1.807) is 36.4 Å². The van der Waals surface area contributed by atoms with E-state index in [-0.39, 0.29) is 22.9 Å². The van der Waals surface area contributed by atoms with E-state index in [0.717, 1.165) is 10.2 Å². The van der Waals surface area contributed by atoms with Crippen LogP contribution in [0.15, 0.2) is 55.1 Å². The van der Waals surface area contributed by atoms with Gasteiger partial charge < -0.3 is 10.4 Å². The van der Waals surface area contributed by atoms with Crippen LogP contribution in [-0.2, 0) is 0 Å². The van der Waals surface area contributed by atoms with E-state index >= 15 is 0 Å². The standard InChI is InChI=1S/C17H10Br2ClN7O2/c18-9-5-8(13(28)12(19)6-9)7-21-25-15-14(22-11-3-1-10(20)2-4-11)23-16-17(24-15)27-29-26-16/h1-7,28H,(H,22,23,26)(H,24,25,27)/b21-7+. The van der Waals surface area contributed by atoms with Gasteiger partial charge in [0.25, 0.3) is 0 Å². The topological polar surface area (TPSA) is 121 Å². The molecule has 0 amide bonds. The van der Waals surface area contributed by atoms with Gasteiger partial charge in [-0.1, -0.05) is 27.5 Å². The molecule has 0 bridgehead atoms. The van der Waals surface area contributed by atoms with Crippen LogP contribution in [0.5, 0.6) is 5.75 Å². The highest BCUT2D eigenvalue weighted by Gasteiger charge is 2.13. The molecule has 0 fully saturated rings. The Balaban J connectivity index is 1.64. The molecule has 0 unspecified atom stereocenters. The van der Waals surface area contributed by atoms with Gasteiger partial charge >= 0.3 is 0 Å². The zero-order valence-corrected chi connectivity index (χ0v) is 18.2. The number of fused-ring (bicyclic) bond motifs is 1. The number of hydrazone groups is 1. The van der Waals surface area contributed by atoms with E-state index in [0.29, 0.717) is 20.9 Å². The number of nitrogens with one attached hydrogen (secondary N) is 2. The number of aromatic hydroxyl groups is 1. The molecule has 4 rings (SSSR count). The zero-order chi connectivity index (χ0) is 20.4. The van der Waals surface area contributed by atoms with Crippen LogP contribution in [0.2, 0.25) is 5.02 Å². The molecule has 29 heavy (non-hydrogen) atoms. The smallest absolute Gasteiger partial charge is 0.245 e. The molecule has 0 spiro atoms. The molecule has 4 aromatic rings. The highest BCUT2D eigenvalue weighted by molar-refractivity contribution is 9.11. The average molecular weight is 540 g/mol. The first-order valence-corrected chi connectivity index (χ1v) is 9.96. The van der Waals surface area contributed by atoms with Gasteiger partial charge in [0.2, 0.25) is 11.3 Å². The van der Waals surface area contributed by atoms with Gasteiger partial charge in [0, 0.05) is 20.7 Å². The predicted molar refractivity (Wildman–Crippen MR) is 117 cm³/mol. The number of benzene rings is 2. The van der Waals surface area contributed by atoms with Crippen LogP contribution in [0, 0.1) is 0 Å². The Morgan fingerprint density at radius 1 is 1.03 bits per heavy atom. The van der Waals surface area contributed by atoms with Crippen LogP contribution < -0.4 is 10.7 Å². The van der Waals surface area contributed by atoms with Gasteiger partial charge in [-0.25, -0.2) is 9.61 Å². The number of aromatic nitrogens is 4. The van der Waals surface area contributed by atoms with Crippen molar-refractivity contribution in [2.75, 3.05) is 10.7 Å². The summed E-state index contributed by atoms with van der Waals surface area (Å²) in [6, 6.07) is 10.5. The third kappa shape index (κ3) is 4.47. The summed E-state index contributed by atoms with van der Waals surface area (Å²) in [4.78, 5) is 8.66. The third-order valence-corrected chi connectivity index (χ3v) is 4.97. The second kappa shape index (κ2) is 8.31. The van der Waals surface area contributed by atoms with Crippen molar-refractivity contribution in [2.45, 2.75) is 0 Å². The lowest BCUT2D eigenvalue weighted by atomic mass is 10.2. The van der Waals surface area contributed by atoms with E-state index in [9.17, 15) is 5.11 Å². The van der Waals surface area contributed by atoms with Gasteiger partial charge in [0.1, 0.15) is 5.75 Å². The molecule has 2 heterocycles. The minimum Gasteiger partial charge on any atom is -0.506 e. The quantitative estimate of drug-likeness (QED) is 0.237. The van der Waals surface area contributed by atoms with Crippen LogP contribution in [0.3, 0.4) is 0 Å². The Kier molecular flexibility index (Phi) is 5.60. The highest BCUT2D eigenvalue weighted by Crippen LogP contribution is 2.31. The third-order valence-electron chi connectivity index (χ3n) is 3.65. The second-order valence-electron chi connectivity index (χ2n) is 5.66. The molecular formula is C17H10Br2ClN7O2. The number of phenolic OH excluding ortho intramolecular Hbond substituents is 1. The average Bonchev–Trinajstić information content (AvgIpc) is 3.14. The van der Waals surface area contributed by atoms with Gasteiger partial charge in [0.05, 0.1) is 10.7 Å². The summed E-state index contributed by atoms with van der Waals surface area (Å²) in [5, 5.41) is 25.4. The molecule has 0 aliphatic rings. The molecule has 2 aromatic carbocycles. The Bertz CT molecular complexity index is 1210. The SMILES string of the molecule is Oc1c(Br)cc(Br)cc1/C=N/Nc1nc2nonc2nc1Nc1ccc(Cl)cc1. The van der Waals surface area contributed by atoms with Crippen LogP contribution in [0.25, 0.3) is 11.3 Å². The van der Waals surface area contributed by atoms with Crippen LogP contribution in [0.4, 0.5) is 17.3 Å². The fourth-order valence-corrected chi connectivity index (χ4v) is 3.70. The van der Waals surface area contributed by atoms with Crippen molar-refractivity contribution in [3.05, 3.63) is 55.9 Å². The Morgan fingerprint density at radius 3 is 2.45 bits per heavy atom. The molecule has 0 aliphatic carbocycles. The summed E-state index contributed by atoms with van der Waals surface area (Å²) in [5.41, 5.74) is 4.48. The summed E-state index contributed by atoms with van der Waals surface area (Å²) >= 11 is 12.6. The first kappa shape index (κ1) is 19.6. The molecule has 0 aliphatic heterocycles. The lowest BCUT2D eigenvalue weighted by molar-refractivity contribution is 0.314. The summed E-state index contributed by atoms with van der Waals surface area (Å²) < 4.78 is 5.99. The number of phenols is 1. The molecule has 0 radical (unpaired) electrons. The van der Waals surface area contributed by atoms with E-state index in [4.69, 9.17) is 11.6 Å². The fourth-order valence-electron chi connectivity index (χ4n) is 2.32. The van der Waals surface area contributed by atoms with Gasteiger partial charge in [0.15, 0.2) is 11.6 Å². The normalized spacial score (nSPS) is 11.3. The maximum atomic E-state index is 10.1. The van der Waals surface area contributed by atoms with Crippen molar-refractivity contribution in [2.24, 2.45) is 5.10 Å². The molecule has 0 saturated heterocycles. The van der Waals surface area contributed by atoms with E-state index < -0.39 is 0 Å². The number of hydrogen-bond acceptors (Lipinski definition) is 9. The summed E-state index contributed by atoms with van der Waals surface area (Å²) in [6.07, 6.45) is 1.45. The molecule has 0 atom stereocenters. The van der Waals surface area contributed by atoms with Crippen molar-refractivity contribution in [1.29, 1.82) is 0 Å². The minimum atomic E-state index is 0.0560. The van der Waals surface area contributed by atoms with Gasteiger partial charge in [-0.2, -0.15) is 10.1 Å². The maximum Gasteiger partial charge on any atom is 0.245 e. The summed E-state index contributed by atoms with van der Waals surface area (Å²) in [7, 11) is 0. The number of hydrogen-bond donors (Lipinski definition) is 3. The first-order chi connectivity index (χ1) is 14.0. The molecule has 12 heteroatoms. The van der Waals surface area contributed by atoms with Gasteiger partial charge in [-0.15, -0.1) is 0 Å². The number of rotatable bonds is 5. The monoisotopic (exact) mass is 537 g/mol. The minimum absolute atomic E-state index is 0.0560. The molecule has 3 N–H and O–H groups in total. The summed E-state index contributed by atoms with van der Waals surface area (Å²) in [6.45, 7) is 0. The predicted octanol–water partition coefficient (Wildman–Crippen LogP) is 5.09. The molecular weight excluding hydrogens is 529 g/mol. The van der Waals surface area contributed by atoms with Crippen molar-refractivity contribution in [1.82, 2.24) is 20.3 Å². The van der Waals surface area contributed by atoms with Crippen LogP contribution in [0.1, 0.15) is 5.56 Å². The Hall–Kier alpha value is -2.76. The molecule has 9 nitrogen and oxygen atoms in total. The van der Waals surface area contributed by atoms with Crippen molar-refractivity contribution in [3.63, 3.8) is 0 Å². The number of halogens is 3. The maximum absolute atomic E-state index is 10.1. The van der Waals surface area contributed by atoms with Gasteiger partial charge in [-0.3, -0.25) is 5.43 Å². The Labute approximate surface area is 185 Å².